The maximum Gasteiger partial charge on any atom is 0.433 e. The highest BCUT2D eigenvalue weighted by Crippen LogP contribution is 2.27. The molecule has 0 saturated heterocycles. The third kappa shape index (κ3) is 4.11. The average molecular weight is 274 g/mol. The fraction of sp³-hybridized carbons (Fsp3) is 0.500. The molecule has 0 aromatic carbocycles. The lowest BCUT2D eigenvalue weighted by Gasteiger charge is -2.15. The molecule has 0 bridgehead atoms. The zero-order chi connectivity index (χ0) is 14.8. The largest absolute Gasteiger partial charge is 0.433 e. The van der Waals surface area contributed by atoms with Gasteiger partial charge in [0, 0.05) is 5.41 Å². The van der Waals surface area contributed by atoms with Crippen LogP contribution >= 0.6 is 0 Å². The summed E-state index contributed by atoms with van der Waals surface area (Å²) in [7, 11) is 0. The van der Waals surface area contributed by atoms with E-state index in [9.17, 15) is 22.8 Å². The molecule has 0 radical (unpaired) electrons. The number of nitrogens with zero attached hydrogens (tertiary/aromatic N) is 2. The summed E-state index contributed by atoms with van der Waals surface area (Å²) in [5.41, 5.74) is -2.33. The second-order valence-corrected chi connectivity index (χ2v) is 5.06. The van der Waals surface area contributed by atoms with Crippen LogP contribution in [0.25, 0.3) is 0 Å². The number of rotatable bonds is 3. The third-order valence-electron chi connectivity index (χ3n) is 2.40. The van der Waals surface area contributed by atoms with E-state index in [0.29, 0.717) is 12.4 Å². The summed E-state index contributed by atoms with van der Waals surface area (Å²) in [5.74, 6) is -1.10. The van der Waals surface area contributed by atoms with E-state index < -0.39 is 35.2 Å². The monoisotopic (exact) mass is 274 g/mol. The number of alkyl halides is 3. The minimum Gasteiger partial charge on any atom is -0.299 e. The van der Waals surface area contributed by atoms with Crippen molar-refractivity contribution in [3.8, 4) is 0 Å². The van der Waals surface area contributed by atoms with Crippen molar-refractivity contribution in [2.75, 3.05) is 0 Å². The van der Waals surface area contributed by atoms with E-state index in [1.54, 1.807) is 20.8 Å². The molecule has 4 nitrogen and oxygen atoms in total. The van der Waals surface area contributed by atoms with Gasteiger partial charge in [-0.1, -0.05) is 20.8 Å². The average Bonchev–Trinajstić information content (AvgIpc) is 2.26. The summed E-state index contributed by atoms with van der Waals surface area (Å²) in [6.07, 6.45) is -4.46. The highest BCUT2D eigenvalue weighted by molar-refractivity contribution is 6.08. The summed E-state index contributed by atoms with van der Waals surface area (Å²) >= 11 is 0. The van der Waals surface area contributed by atoms with Gasteiger partial charge in [-0.2, -0.15) is 13.2 Å². The lowest BCUT2D eigenvalue weighted by atomic mass is 9.87. The lowest BCUT2D eigenvalue weighted by molar-refractivity contribution is -0.141. The molecule has 0 fully saturated rings. The van der Waals surface area contributed by atoms with Gasteiger partial charge in [0.2, 0.25) is 0 Å². The highest BCUT2D eigenvalue weighted by atomic mass is 19.4. The van der Waals surface area contributed by atoms with E-state index in [1.165, 1.54) is 0 Å². The molecule has 0 aliphatic heterocycles. The molecule has 0 amide bonds. The second kappa shape index (κ2) is 5.07. The van der Waals surface area contributed by atoms with E-state index >= 15 is 0 Å². The number of hydrogen-bond acceptors (Lipinski definition) is 4. The van der Waals surface area contributed by atoms with Gasteiger partial charge in [-0.05, 0) is 6.07 Å². The zero-order valence-electron chi connectivity index (χ0n) is 10.7. The molecular formula is C12H13F3N2O2. The first kappa shape index (κ1) is 15.3. The minimum atomic E-state index is -4.65. The normalized spacial score (nSPS) is 12.3. The molecule has 0 N–H and O–H groups in total. The lowest BCUT2D eigenvalue weighted by Crippen LogP contribution is -2.23. The van der Waals surface area contributed by atoms with Crippen molar-refractivity contribution in [3.05, 3.63) is 23.8 Å². The molecule has 1 rings (SSSR count). The van der Waals surface area contributed by atoms with Crippen LogP contribution < -0.4 is 0 Å². The number of ketones is 2. The predicted octanol–water partition coefficient (Wildman–Crippen LogP) is 2.68. The number of aromatic nitrogens is 2. The van der Waals surface area contributed by atoms with Crippen molar-refractivity contribution in [1.82, 2.24) is 9.97 Å². The van der Waals surface area contributed by atoms with Gasteiger partial charge >= 0.3 is 6.18 Å². The van der Waals surface area contributed by atoms with Crippen molar-refractivity contribution in [2.24, 2.45) is 5.41 Å². The van der Waals surface area contributed by atoms with Gasteiger partial charge in [0.05, 0.1) is 6.42 Å². The van der Waals surface area contributed by atoms with E-state index in [-0.39, 0.29) is 5.78 Å². The van der Waals surface area contributed by atoms with Crippen molar-refractivity contribution >= 4 is 11.6 Å². The molecule has 19 heavy (non-hydrogen) atoms. The molecular weight excluding hydrogens is 261 g/mol. The molecule has 0 atom stereocenters. The summed E-state index contributed by atoms with van der Waals surface area (Å²) in [6, 6.07) is 0.554. The SMILES string of the molecule is CC(C)(C)C(=O)CC(=O)c1cc(C(F)(F)F)ncn1. The smallest absolute Gasteiger partial charge is 0.299 e. The maximum absolute atomic E-state index is 12.4. The van der Waals surface area contributed by atoms with Crippen LogP contribution in [0.1, 0.15) is 43.4 Å². The Kier molecular flexibility index (Phi) is 4.07. The summed E-state index contributed by atoms with van der Waals surface area (Å²) in [5, 5.41) is 0. The summed E-state index contributed by atoms with van der Waals surface area (Å²) < 4.78 is 37.2. The number of hydrogen-bond donors (Lipinski definition) is 0. The van der Waals surface area contributed by atoms with E-state index in [4.69, 9.17) is 0 Å². The van der Waals surface area contributed by atoms with Gasteiger partial charge in [0.1, 0.15) is 23.5 Å². The van der Waals surface area contributed by atoms with Crippen molar-refractivity contribution in [2.45, 2.75) is 33.4 Å². The first-order valence-corrected chi connectivity index (χ1v) is 5.47. The second-order valence-electron chi connectivity index (χ2n) is 5.06. The van der Waals surface area contributed by atoms with E-state index in [0.717, 1.165) is 0 Å². The van der Waals surface area contributed by atoms with Crippen molar-refractivity contribution in [3.63, 3.8) is 0 Å². The van der Waals surface area contributed by atoms with E-state index in [2.05, 4.69) is 9.97 Å². The van der Waals surface area contributed by atoms with E-state index in [1.807, 2.05) is 0 Å². The van der Waals surface area contributed by atoms with Gasteiger partial charge in [-0.25, -0.2) is 9.97 Å². The molecule has 0 spiro atoms. The van der Waals surface area contributed by atoms with Gasteiger partial charge in [0.15, 0.2) is 5.78 Å². The predicted molar refractivity (Wildman–Crippen MR) is 60.4 cm³/mol. The summed E-state index contributed by atoms with van der Waals surface area (Å²) in [4.78, 5) is 29.9. The van der Waals surface area contributed by atoms with Crippen LogP contribution in [0.15, 0.2) is 12.4 Å². The zero-order valence-corrected chi connectivity index (χ0v) is 10.7. The first-order valence-electron chi connectivity index (χ1n) is 5.47. The van der Waals surface area contributed by atoms with Gasteiger partial charge < -0.3 is 0 Å². The Labute approximate surface area is 108 Å². The fourth-order valence-electron chi connectivity index (χ4n) is 1.17. The molecule has 0 aliphatic carbocycles. The van der Waals surface area contributed by atoms with Crippen LogP contribution in [-0.4, -0.2) is 21.5 Å². The molecule has 0 saturated carbocycles. The van der Waals surface area contributed by atoms with Crippen LogP contribution in [0.4, 0.5) is 13.2 Å². The molecule has 1 heterocycles. The Balaban J connectivity index is 2.93. The van der Waals surface area contributed by atoms with Crippen LogP contribution in [-0.2, 0) is 11.0 Å². The molecule has 1 aromatic heterocycles. The topological polar surface area (TPSA) is 59.9 Å². The number of Topliss-reactive ketones (excluding diaryl/α,β-unsaturated/α-hetero) is 2. The molecule has 7 heteroatoms. The van der Waals surface area contributed by atoms with Crippen LogP contribution in [0.5, 0.6) is 0 Å². The molecule has 104 valence electrons. The number of carbonyl (C=O) groups excluding carboxylic acids is 2. The summed E-state index contributed by atoms with van der Waals surface area (Å²) in [6.45, 7) is 4.89. The Morgan fingerprint density at radius 1 is 1.16 bits per heavy atom. The number of carbonyl (C=O) groups is 2. The third-order valence-corrected chi connectivity index (χ3v) is 2.40. The van der Waals surface area contributed by atoms with Gasteiger partial charge in [0.25, 0.3) is 0 Å². The van der Waals surface area contributed by atoms with Crippen LogP contribution in [0.3, 0.4) is 0 Å². The van der Waals surface area contributed by atoms with Crippen molar-refractivity contribution < 1.29 is 22.8 Å². The Morgan fingerprint density at radius 2 is 1.74 bits per heavy atom. The fourth-order valence-corrected chi connectivity index (χ4v) is 1.17. The first-order chi connectivity index (χ1) is 8.51. The molecule has 1 aromatic rings. The van der Waals surface area contributed by atoms with Crippen molar-refractivity contribution in [1.29, 1.82) is 0 Å². The maximum atomic E-state index is 12.4. The van der Waals surface area contributed by atoms with Gasteiger partial charge in [-0.3, -0.25) is 9.59 Å². The standard InChI is InChI=1S/C12H13F3N2O2/c1-11(2,3)10(19)5-8(18)7-4-9(12(13,14)15)17-6-16-7/h4,6H,5H2,1-3H3. The van der Waals surface area contributed by atoms with Gasteiger partial charge in [-0.15, -0.1) is 0 Å². The quantitative estimate of drug-likeness (QED) is 0.628. The highest BCUT2D eigenvalue weighted by Gasteiger charge is 2.33. The molecule has 0 aliphatic rings. The Bertz CT molecular complexity index is 504. The Morgan fingerprint density at radius 3 is 2.21 bits per heavy atom. The Hall–Kier alpha value is -1.79. The molecule has 0 unspecified atom stereocenters. The van der Waals surface area contributed by atoms with Crippen LogP contribution in [0, 0.1) is 5.41 Å². The van der Waals surface area contributed by atoms with Crippen LogP contribution in [0.2, 0.25) is 0 Å². The number of halogens is 3. The minimum absolute atomic E-state index is 0.357.